The van der Waals surface area contributed by atoms with Crippen molar-refractivity contribution in [3.05, 3.63) is 191 Å². The maximum Gasteiger partial charge on any atom is 0.408 e. The first-order valence-electron chi connectivity index (χ1n) is 52.0. The Hall–Kier alpha value is -13.0. The van der Waals surface area contributed by atoms with E-state index in [0.29, 0.717) is 86.3 Å². The number of ether oxygens (including phenoxy) is 6. The van der Waals surface area contributed by atoms with Crippen LogP contribution in [0.25, 0.3) is 33.5 Å². The second kappa shape index (κ2) is 41.2. The smallest absolute Gasteiger partial charge is 0.408 e. The summed E-state index contributed by atoms with van der Waals surface area (Å²) in [6.07, 6.45) is 17.7. The van der Waals surface area contributed by atoms with Gasteiger partial charge in [0, 0.05) is 94.5 Å². The minimum absolute atomic E-state index is 0.0892. The predicted molar refractivity (Wildman–Crippen MR) is 563 cm³/mol. The van der Waals surface area contributed by atoms with Gasteiger partial charge in [0.05, 0.1) is 41.8 Å². The molecule has 4 aromatic carbocycles. The number of anilines is 4. The SMILES string of the molecule is CC(C)(C)OC(=O)N[C@@H]1c2ccccc2CC12CCN(c1nc3c(nc1Br)c(C#N)nn3C1CCCCO1)CC2.CC(C)(C)OC(=O)N[C@@H]1c2ccccc2CC12CCN(c1nc3c(nc1Br)c(C(N)=O)nn3C1CCCCO1)CC2.Cc1nc2c(C#N)nn(C3CCCCO3)c2nc1N1CCC2(CC1)Cc1ccccc1[C@H]2NC(=O)OC(C)(C)C.Cc1nc2c(nc1N1CCC3(CC1)Cc1ccccc1[C@H]3N)CN=C2C#N. The van der Waals surface area contributed by atoms with Crippen LogP contribution in [0, 0.1) is 69.5 Å². The average molecular weight is 2140 g/mol. The Bertz CT molecular complexity index is 6870. The molecule has 12 aliphatic rings. The summed E-state index contributed by atoms with van der Waals surface area (Å²) in [5.41, 5.74) is 27.7. The summed E-state index contributed by atoms with van der Waals surface area (Å²) in [6.45, 7) is 29.6. The number of fused-ring (bicyclic) bond motifs is 8. The summed E-state index contributed by atoms with van der Waals surface area (Å²) in [4.78, 5) is 103. The third-order valence-electron chi connectivity index (χ3n) is 31.5. The Kier molecular flexibility index (Phi) is 28.4. The van der Waals surface area contributed by atoms with Crippen LogP contribution < -0.4 is 47.0 Å². The Morgan fingerprint density at radius 3 is 1.12 bits per heavy atom. The number of carbonyl (C=O) groups excluding carboxylic acids is 4. The zero-order valence-electron chi connectivity index (χ0n) is 85.9. The van der Waals surface area contributed by atoms with Gasteiger partial charge in [-0.3, -0.25) is 9.79 Å². The fraction of sp³-hybridized carbons (Fsp3) is 0.532. The average Bonchev–Trinajstić information content (AvgIpc) is 1.59. The number of hydrogen-bond donors (Lipinski definition) is 5. The molecule has 7 saturated heterocycles. The molecule has 7 fully saturated rings. The van der Waals surface area contributed by atoms with Crippen LogP contribution in [0.2, 0.25) is 0 Å². The number of nitrogens with zero attached hydrogens (tertiary/aromatic N) is 22. The van der Waals surface area contributed by atoms with Gasteiger partial charge in [-0.25, -0.2) is 68.3 Å². The zero-order chi connectivity index (χ0) is 104. The molecular weight excluding hydrogens is 2010 g/mol. The van der Waals surface area contributed by atoms with Gasteiger partial charge in [-0.05, 0) is 293 Å². The van der Waals surface area contributed by atoms with Gasteiger partial charge in [-0.1, -0.05) is 97.1 Å². The normalized spacial score (nSPS) is 22.2. The molecule has 7 atom stereocenters. The van der Waals surface area contributed by atoms with Crippen molar-refractivity contribution >= 4 is 119 Å². The Balaban J connectivity index is 0.000000121. The molecule has 3 unspecified atom stereocenters. The molecule has 0 bridgehead atoms. The Labute approximate surface area is 877 Å². The van der Waals surface area contributed by atoms with Gasteiger partial charge in [0.2, 0.25) is 0 Å². The maximum atomic E-state index is 12.9. The number of primary amides is 1. The van der Waals surface area contributed by atoms with Crippen molar-refractivity contribution in [2.24, 2.45) is 38.1 Å². The van der Waals surface area contributed by atoms with E-state index in [4.69, 9.17) is 80.0 Å². The van der Waals surface area contributed by atoms with Gasteiger partial charge in [-0.15, -0.1) is 0 Å². The van der Waals surface area contributed by atoms with Gasteiger partial charge >= 0.3 is 18.3 Å². The molecule has 0 saturated carbocycles. The summed E-state index contributed by atoms with van der Waals surface area (Å²) < 4.78 is 41.1. The molecule has 37 nitrogen and oxygen atoms in total. The van der Waals surface area contributed by atoms with E-state index in [1.54, 1.807) is 14.0 Å². The Morgan fingerprint density at radius 1 is 0.419 bits per heavy atom. The minimum atomic E-state index is -0.650. The van der Waals surface area contributed by atoms with Crippen molar-refractivity contribution in [1.82, 2.24) is 85.2 Å². The van der Waals surface area contributed by atoms with Crippen molar-refractivity contribution in [2.75, 3.05) is 91.8 Å². The molecule has 7 N–H and O–H groups in total. The quantitative estimate of drug-likeness (QED) is 0.0751. The monoisotopic (exact) mass is 2130 g/mol. The van der Waals surface area contributed by atoms with Gasteiger partial charge in [-0.2, -0.15) is 31.1 Å². The van der Waals surface area contributed by atoms with E-state index in [0.717, 1.165) is 227 Å². The Morgan fingerprint density at radius 2 is 0.750 bits per heavy atom. The molecule has 4 spiro atoms. The highest BCUT2D eigenvalue weighted by molar-refractivity contribution is 9.10. The summed E-state index contributed by atoms with van der Waals surface area (Å²) >= 11 is 7.23. The van der Waals surface area contributed by atoms with Gasteiger partial charge in [0.25, 0.3) is 5.91 Å². The van der Waals surface area contributed by atoms with Gasteiger partial charge in [0.1, 0.15) is 72.3 Å². The number of aliphatic imine (C=N–C) groups is 1. The number of nitriles is 3. The summed E-state index contributed by atoms with van der Waals surface area (Å²) in [5.74, 6) is 2.52. The second-order valence-electron chi connectivity index (χ2n) is 44.6. The van der Waals surface area contributed by atoms with E-state index >= 15 is 0 Å². The molecule has 8 aliphatic heterocycles. The fourth-order valence-electron chi connectivity index (χ4n) is 24.4. The largest absolute Gasteiger partial charge is 0.444 e. The molecule has 4 amide bonds. The molecule has 39 heteroatoms. The van der Waals surface area contributed by atoms with E-state index in [-0.39, 0.29) is 93.8 Å². The number of carbonyl (C=O) groups is 4. The minimum Gasteiger partial charge on any atom is -0.444 e. The van der Waals surface area contributed by atoms with Crippen LogP contribution in [0.1, 0.15) is 303 Å². The van der Waals surface area contributed by atoms with Crippen molar-refractivity contribution in [1.29, 1.82) is 15.8 Å². The number of amides is 4. The fourth-order valence-corrected chi connectivity index (χ4v) is 25.4. The van der Waals surface area contributed by atoms with Crippen molar-refractivity contribution in [3.8, 4) is 18.2 Å². The number of hydrogen-bond acceptors (Lipinski definition) is 30. The van der Waals surface area contributed by atoms with E-state index in [1.165, 1.54) is 38.9 Å². The van der Waals surface area contributed by atoms with Crippen LogP contribution in [-0.4, -0.2) is 188 Å². The highest BCUT2D eigenvalue weighted by atomic mass is 79.9. The number of rotatable bonds is 11. The van der Waals surface area contributed by atoms with Crippen LogP contribution in [0.4, 0.5) is 37.7 Å². The lowest BCUT2D eigenvalue weighted by molar-refractivity contribution is -0.0372. The first kappa shape index (κ1) is 102. The van der Waals surface area contributed by atoms with E-state index in [2.05, 4.69) is 190 Å². The summed E-state index contributed by atoms with van der Waals surface area (Å²) in [6, 6.07) is 39.9. The highest BCUT2D eigenvalue weighted by Crippen LogP contribution is 2.58. The first-order chi connectivity index (χ1) is 71.0. The third-order valence-corrected chi connectivity index (χ3v) is 32.6. The molecule has 7 aromatic heterocycles. The standard InChI is InChI=1S/C30H37N7O3.C29H36BrN7O4.C29H34BrN7O3.C21H22N6/c1-19-26(34-27-24(32-19)22(18-31)35-37(27)23-11-7-8-16-39-23)36-14-12-30(13-15-36)17-20-9-5-6-10-21(20)25(30)33-28(38)40-29(2,3)4;1-28(2,3)41-27(39)33-22-18-9-5-4-8-17(18)16-29(22)11-13-36(14-12-29)26-23(30)32-21-20(24(31)38)35-37(25(21)34-26)19-10-6-7-15-40-19;1-28(2,3)40-27(38)33-23-19-9-5-4-8-18(19)16-29(23)11-13-36(14-12-29)26-24(30)32-22-20(17-31)35-37(25(22)34-26)21-10-6-7-15-39-21;1-13-20(26-17-12-24-16(11-22)18(17)25-13)27-8-6-21(7-9-27)10-14-4-2-3-5-15(14)19(21)23/h5-6,9-10,23,25H,7-8,11-17H2,1-4H3,(H,33,38);4-5,8-9,19,22H,6-7,10-16H2,1-3H3,(H2,31,38)(H,33,39);4-5,8-9,21,23H,6-7,10-16H2,1-3H3,(H,33,38);2-5,19H,6-10,12,23H2,1H3/t23?,25-;19?,22-;21?,23-;19-/m1111/s1. The number of nitrogens with one attached hydrogen (secondary N) is 3. The molecule has 0 radical (unpaired) electrons. The molecule has 23 rings (SSSR count). The van der Waals surface area contributed by atoms with Gasteiger partial charge < -0.3 is 75.4 Å². The summed E-state index contributed by atoms with van der Waals surface area (Å²) in [5, 5.41) is 51.8. The lowest BCUT2D eigenvalue weighted by Crippen LogP contribution is -2.48. The second-order valence-corrected chi connectivity index (χ2v) is 46.1. The van der Waals surface area contributed by atoms with Crippen LogP contribution in [0.15, 0.2) is 111 Å². The van der Waals surface area contributed by atoms with Crippen LogP contribution in [0.5, 0.6) is 0 Å². The lowest BCUT2D eigenvalue weighted by atomic mass is 9.72. The number of aryl methyl sites for hydroxylation is 2. The zero-order valence-corrected chi connectivity index (χ0v) is 89.1. The third kappa shape index (κ3) is 20.4. The van der Waals surface area contributed by atoms with Crippen molar-refractivity contribution < 1.29 is 47.6 Å². The predicted octanol–water partition coefficient (Wildman–Crippen LogP) is 17.9. The lowest BCUT2D eigenvalue weighted by Gasteiger charge is -2.44. The van der Waals surface area contributed by atoms with E-state index in [9.17, 15) is 29.7 Å². The maximum absolute atomic E-state index is 12.9. The van der Waals surface area contributed by atoms with Gasteiger partial charge in [0.15, 0.2) is 75.9 Å². The first-order valence-corrected chi connectivity index (χ1v) is 53.6. The number of alkyl carbamates (subject to hydrolysis) is 3. The number of piperidine rings is 4. The van der Waals surface area contributed by atoms with Crippen molar-refractivity contribution in [3.63, 3.8) is 0 Å². The molecule has 774 valence electrons. The van der Waals surface area contributed by atoms with E-state index < -0.39 is 28.8 Å². The number of benzene rings is 4. The van der Waals surface area contributed by atoms with Crippen LogP contribution in [-0.2, 0) is 60.6 Å². The number of nitrogens with two attached hydrogens (primary N) is 2. The number of aromatic nitrogens is 14. The highest BCUT2D eigenvalue weighted by Gasteiger charge is 2.54. The van der Waals surface area contributed by atoms with Crippen LogP contribution >= 0.6 is 31.9 Å². The molecule has 4 aliphatic carbocycles. The molecular formula is C109H129Br2N27O10. The van der Waals surface area contributed by atoms with Crippen LogP contribution in [0.3, 0.4) is 0 Å². The molecule has 15 heterocycles. The number of halogens is 2. The van der Waals surface area contributed by atoms with E-state index in [1.807, 2.05) is 94.4 Å². The topological polar surface area (TPSA) is 465 Å². The molecule has 148 heavy (non-hydrogen) atoms. The molecule has 11 aromatic rings. The summed E-state index contributed by atoms with van der Waals surface area (Å²) in [7, 11) is 0. The van der Waals surface area contributed by atoms with Crippen molar-refractivity contribution in [2.45, 2.75) is 277 Å².